The number of hydrogen-bond donors (Lipinski definition) is 1. The van der Waals surface area contributed by atoms with Gasteiger partial charge >= 0.3 is 5.97 Å². The third kappa shape index (κ3) is 5.21. The van der Waals surface area contributed by atoms with Crippen molar-refractivity contribution < 1.29 is 14.3 Å². The van der Waals surface area contributed by atoms with Crippen molar-refractivity contribution in [2.24, 2.45) is 0 Å². The first-order valence-electron chi connectivity index (χ1n) is 7.21. The smallest absolute Gasteiger partial charge is 0.326 e. The van der Waals surface area contributed by atoms with Crippen LogP contribution in [0, 0.1) is 0 Å². The van der Waals surface area contributed by atoms with Gasteiger partial charge in [0.1, 0.15) is 18.4 Å². The van der Waals surface area contributed by atoms with E-state index in [4.69, 9.17) is 9.47 Å². The number of likely N-dealkylation sites (N-methyl/N-ethyl adjacent to an activating group) is 1. The summed E-state index contributed by atoms with van der Waals surface area (Å²) in [6.45, 7) is 9.39. The summed E-state index contributed by atoms with van der Waals surface area (Å²) in [5.41, 5.74) is 1.27. The molecule has 20 heavy (non-hydrogen) atoms. The first kappa shape index (κ1) is 16.5. The zero-order valence-corrected chi connectivity index (χ0v) is 12.8. The molecule has 0 amide bonds. The van der Waals surface area contributed by atoms with E-state index in [1.165, 1.54) is 5.56 Å². The Hall–Kier alpha value is -1.55. The molecule has 1 N–H and O–H groups in total. The zero-order valence-electron chi connectivity index (χ0n) is 12.8. The minimum Gasteiger partial charge on any atom is -0.491 e. The van der Waals surface area contributed by atoms with Crippen LogP contribution in [-0.2, 0) is 9.53 Å². The fourth-order valence-electron chi connectivity index (χ4n) is 1.83. The van der Waals surface area contributed by atoms with Gasteiger partial charge in [0, 0.05) is 0 Å². The number of benzene rings is 1. The van der Waals surface area contributed by atoms with Gasteiger partial charge < -0.3 is 14.8 Å². The predicted octanol–water partition coefficient (Wildman–Crippen LogP) is 2.73. The molecule has 4 nitrogen and oxygen atoms in total. The lowest BCUT2D eigenvalue weighted by molar-refractivity contribution is -0.146. The largest absolute Gasteiger partial charge is 0.491 e. The summed E-state index contributed by atoms with van der Waals surface area (Å²) >= 11 is 0. The Morgan fingerprint density at radius 1 is 1.20 bits per heavy atom. The number of esters is 1. The molecule has 0 radical (unpaired) electrons. The van der Waals surface area contributed by atoms with Crippen molar-refractivity contribution in [2.75, 3.05) is 19.8 Å². The Labute approximate surface area is 121 Å². The lowest BCUT2D eigenvalue weighted by Gasteiger charge is -2.17. The topological polar surface area (TPSA) is 47.6 Å². The van der Waals surface area contributed by atoms with E-state index in [0.717, 1.165) is 5.75 Å². The molecule has 0 aliphatic heterocycles. The van der Waals surface area contributed by atoms with Crippen LogP contribution < -0.4 is 10.1 Å². The van der Waals surface area contributed by atoms with Crippen LogP contribution in [-0.4, -0.2) is 31.8 Å². The van der Waals surface area contributed by atoms with E-state index < -0.39 is 6.04 Å². The molecule has 4 heteroatoms. The second-order valence-electron chi connectivity index (χ2n) is 4.90. The molecule has 1 aromatic rings. The first-order valence-corrected chi connectivity index (χ1v) is 7.21. The molecular weight excluding hydrogens is 254 g/mol. The maximum atomic E-state index is 11.7. The Balaban J connectivity index is 2.55. The molecule has 0 saturated heterocycles. The SMILES string of the molecule is CCNC(COc1ccc(C(C)C)cc1)C(=O)OCC. The van der Waals surface area contributed by atoms with Gasteiger partial charge in [-0.15, -0.1) is 0 Å². The average Bonchev–Trinajstić information content (AvgIpc) is 2.44. The fraction of sp³-hybridized carbons (Fsp3) is 0.562. The van der Waals surface area contributed by atoms with Crippen LogP contribution in [0.1, 0.15) is 39.2 Å². The summed E-state index contributed by atoms with van der Waals surface area (Å²) < 4.78 is 10.7. The number of nitrogens with one attached hydrogen (secondary N) is 1. The summed E-state index contributed by atoms with van der Waals surface area (Å²) in [6.07, 6.45) is 0. The Kier molecular flexibility index (Phi) is 7.09. The van der Waals surface area contributed by atoms with Crippen molar-refractivity contribution in [1.82, 2.24) is 5.32 Å². The van der Waals surface area contributed by atoms with E-state index in [9.17, 15) is 4.79 Å². The quantitative estimate of drug-likeness (QED) is 0.743. The first-order chi connectivity index (χ1) is 9.58. The van der Waals surface area contributed by atoms with Crippen LogP contribution in [0.25, 0.3) is 0 Å². The monoisotopic (exact) mass is 279 g/mol. The van der Waals surface area contributed by atoms with Crippen LogP contribution >= 0.6 is 0 Å². The van der Waals surface area contributed by atoms with Crippen LogP contribution in [0.15, 0.2) is 24.3 Å². The predicted molar refractivity (Wildman–Crippen MR) is 80.1 cm³/mol. The van der Waals surface area contributed by atoms with Gasteiger partial charge in [-0.3, -0.25) is 4.79 Å². The Morgan fingerprint density at radius 3 is 2.35 bits per heavy atom. The maximum Gasteiger partial charge on any atom is 0.326 e. The summed E-state index contributed by atoms with van der Waals surface area (Å²) in [6, 6.07) is 7.54. The van der Waals surface area contributed by atoms with Crippen molar-refractivity contribution in [3.05, 3.63) is 29.8 Å². The number of carbonyl (C=O) groups is 1. The van der Waals surface area contributed by atoms with E-state index in [-0.39, 0.29) is 12.6 Å². The molecule has 0 fully saturated rings. The van der Waals surface area contributed by atoms with Gasteiger partial charge in [-0.1, -0.05) is 32.9 Å². The van der Waals surface area contributed by atoms with Gasteiger partial charge in [0.05, 0.1) is 6.61 Å². The molecule has 1 atom stereocenters. The third-order valence-electron chi connectivity index (χ3n) is 2.99. The zero-order chi connectivity index (χ0) is 15.0. The van der Waals surface area contributed by atoms with E-state index in [2.05, 4.69) is 19.2 Å². The molecule has 1 aromatic carbocycles. The second-order valence-corrected chi connectivity index (χ2v) is 4.90. The summed E-state index contributed by atoms with van der Waals surface area (Å²) in [5.74, 6) is 0.993. The van der Waals surface area contributed by atoms with Crippen molar-refractivity contribution in [1.29, 1.82) is 0 Å². The fourth-order valence-corrected chi connectivity index (χ4v) is 1.83. The summed E-state index contributed by atoms with van der Waals surface area (Å²) in [5, 5.41) is 3.07. The number of ether oxygens (including phenoxy) is 2. The molecule has 0 aliphatic rings. The molecule has 112 valence electrons. The average molecular weight is 279 g/mol. The summed E-state index contributed by atoms with van der Waals surface area (Å²) in [7, 11) is 0. The van der Waals surface area contributed by atoms with Gasteiger partial charge in [-0.25, -0.2) is 0 Å². The van der Waals surface area contributed by atoms with Crippen molar-refractivity contribution >= 4 is 5.97 Å². The molecule has 0 saturated carbocycles. The van der Waals surface area contributed by atoms with Gasteiger partial charge in [0.2, 0.25) is 0 Å². The van der Waals surface area contributed by atoms with E-state index in [1.807, 2.05) is 31.2 Å². The van der Waals surface area contributed by atoms with E-state index in [1.54, 1.807) is 6.92 Å². The highest BCUT2D eigenvalue weighted by atomic mass is 16.5. The Bertz CT molecular complexity index is 401. The Morgan fingerprint density at radius 2 is 1.85 bits per heavy atom. The normalized spacial score (nSPS) is 12.2. The molecule has 0 bridgehead atoms. The van der Waals surface area contributed by atoms with Crippen molar-refractivity contribution in [2.45, 2.75) is 39.7 Å². The molecule has 1 unspecified atom stereocenters. The number of carbonyl (C=O) groups excluding carboxylic acids is 1. The number of rotatable bonds is 8. The third-order valence-corrected chi connectivity index (χ3v) is 2.99. The second kappa shape index (κ2) is 8.59. The van der Waals surface area contributed by atoms with Crippen molar-refractivity contribution in [3.8, 4) is 5.75 Å². The molecular formula is C16H25NO3. The lowest BCUT2D eigenvalue weighted by Crippen LogP contribution is -2.42. The number of hydrogen-bond acceptors (Lipinski definition) is 4. The molecule has 1 rings (SSSR count). The minimum atomic E-state index is -0.426. The lowest BCUT2D eigenvalue weighted by atomic mass is 10.0. The maximum absolute atomic E-state index is 11.7. The highest BCUT2D eigenvalue weighted by Crippen LogP contribution is 2.18. The van der Waals surface area contributed by atoms with Crippen LogP contribution in [0.5, 0.6) is 5.75 Å². The molecule has 0 spiro atoms. The van der Waals surface area contributed by atoms with Gasteiger partial charge in [0.15, 0.2) is 0 Å². The van der Waals surface area contributed by atoms with Gasteiger partial charge in [-0.05, 0) is 37.1 Å². The summed E-state index contributed by atoms with van der Waals surface area (Å²) in [4.78, 5) is 11.7. The van der Waals surface area contributed by atoms with Crippen LogP contribution in [0.3, 0.4) is 0 Å². The van der Waals surface area contributed by atoms with Gasteiger partial charge in [0.25, 0.3) is 0 Å². The molecule has 0 heterocycles. The minimum absolute atomic E-state index is 0.270. The van der Waals surface area contributed by atoms with Gasteiger partial charge in [-0.2, -0.15) is 0 Å². The van der Waals surface area contributed by atoms with Crippen molar-refractivity contribution in [3.63, 3.8) is 0 Å². The highest BCUT2D eigenvalue weighted by Gasteiger charge is 2.19. The van der Waals surface area contributed by atoms with Crippen LogP contribution in [0.4, 0.5) is 0 Å². The van der Waals surface area contributed by atoms with E-state index in [0.29, 0.717) is 19.1 Å². The molecule has 0 aromatic heterocycles. The standard InChI is InChI=1S/C16H25NO3/c1-5-17-15(16(18)19-6-2)11-20-14-9-7-13(8-10-14)12(3)4/h7-10,12,15,17H,5-6,11H2,1-4H3. The van der Waals surface area contributed by atoms with E-state index >= 15 is 0 Å². The van der Waals surface area contributed by atoms with Crippen LogP contribution in [0.2, 0.25) is 0 Å². The highest BCUT2D eigenvalue weighted by molar-refractivity contribution is 5.76. The molecule has 0 aliphatic carbocycles.